The van der Waals surface area contributed by atoms with Gasteiger partial charge in [-0.2, -0.15) is 0 Å². The van der Waals surface area contributed by atoms with Gasteiger partial charge >= 0.3 is 0 Å². The van der Waals surface area contributed by atoms with Crippen molar-refractivity contribution in [2.24, 2.45) is 5.92 Å². The van der Waals surface area contributed by atoms with Crippen molar-refractivity contribution in [2.75, 3.05) is 32.9 Å². The number of carbonyl (C=O) groups is 1. The van der Waals surface area contributed by atoms with Gasteiger partial charge in [-0.25, -0.2) is 0 Å². The van der Waals surface area contributed by atoms with E-state index in [4.69, 9.17) is 21.1 Å². The third-order valence-electron chi connectivity index (χ3n) is 3.90. The van der Waals surface area contributed by atoms with Gasteiger partial charge in [0.25, 0.3) is 0 Å². The van der Waals surface area contributed by atoms with E-state index in [2.05, 4.69) is 0 Å². The molecular formula is C15H18ClNO3. The lowest BCUT2D eigenvalue weighted by Gasteiger charge is -2.34. The molecule has 0 aromatic heterocycles. The van der Waals surface area contributed by atoms with Crippen LogP contribution >= 0.6 is 11.6 Å². The summed E-state index contributed by atoms with van der Waals surface area (Å²) < 4.78 is 11.1. The largest absolute Gasteiger partial charge is 0.381 e. The minimum absolute atomic E-state index is 0.0268. The zero-order valence-corrected chi connectivity index (χ0v) is 12.0. The van der Waals surface area contributed by atoms with E-state index in [1.807, 2.05) is 29.2 Å². The second-order valence-corrected chi connectivity index (χ2v) is 5.69. The molecule has 2 fully saturated rings. The van der Waals surface area contributed by atoms with Gasteiger partial charge in [-0.05, 0) is 24.1 Å². The highest BCUT2D eigenvalue weighted by molar-refractivity contribution is 6.30. The van der Waals surface area contributed by atoms with Gasteiger partial charge in [0.2, 0.25) is 5.91 Å². The Bertz CT molecular complexity index is 471. The molecule has 2 aliphatic rings. The van der Waals surface area contributed by atoms with E-state index >= 15 is 0 Å². The van der Waals surface area contributed by atoms with Crippen molar-refractivity contribution in [1.29, 1.82) is 0 Å². The number of nitrogens with zero attached hydrogens (tertiary/aromatic N) is 1. The molecule has 0 saturated carbocycles. The topological polar surface area (TPSA) is 38.8 Å². The fraction of sp³-hybridized carbons (Fsp3) is 0.533. The van der Waals surface area contributed by atoms with E-state index in [0.717, 1.165) is 12.0 Å². The number of benzene rings is 1. The molecule has 2 unspecified atom stereocenters. The number of ether oxygens (including phenoxy) is 2. The Morgan fingerprint density at radius 3 is 2.75 bits per heavy atom. The van der Waals surface area contributed by atoms with E-state index in [1.165, 1.54) is 0 Å². The Labute approximate surface area is 123 Å². The highest BCUT2D eigenvalue weighted by atomic mass is 35.5. The maximum atomic E-state index is 12.4. The normalized spacial score (nSPS) is 26.8. The summed E-state index contributed by atoms with van der Waals surface area (Å²) in [6, 6.07) is 7.62. The number of morpholine rings is 1. The molecule has 108 valence electrons. The first-order valence-corrected chi connectivity index (χ1v) is 7.35. The Morgan fingerprint density at radius 2 is 2.05 bits per heavy atom. The molecule has 5 heteroatoms. The van der Waals surface area contributed by atoms with Crippen LogP contribution in [0.1, 0.15) is 18.1 Å². The lowest BCUT2D eigenvalue weighted by Crippen LogP contribution is -2.45. The van der Waals surface area contributed by atoms with Crippen LogP contribution < -0.4 is 0 Å². The van der Waals surface area contributed by atoms with Crippen molar-refractivity contribution in [3.05, 3.63) is 34.9 Å². The zero-order valence-electron chi connectivity index (χ0n) is 11.3. The predicted molar refractivity (Wildman–Crippen MR) is 75.7 cm³/mol. The quantitative estimate of drug-likeness (QED) is 0.840. The second-order valence-electron chi connectivity index (χ2n) is 5.26. The maximum absolute atomic E-state index is 12.4. The molecule has 3 rings (SSSR count). The van der Waals surface area contributed by atoms with Crippen LogP contribution in [0.25, 0.3) is 0 Å². The molecule has 4 nitrogen and oxygen atoms in total. The summed E-state index contributed by atoms with van der Waals surface area (Å²) in [5.41, 5.74) is 1.06. The minimum atomic E-state index is -0.0627. The SMILES string of the molecule is O=C(C1CCOC1)N1CCOC(c2ccc(Cl)cc2)C1. The molecule has 0 aliphatic carbocycles. The summed E-state index contributed by atoms with van der Waals surface area (Å²) in [5.74, 6) is 0.226. The molecule has 2 saturated heterocycles. The summed E-state index contributed by atoms with van der Waals surface area (Å²) in [7, 11) is 0. The van der Waals surface area contributed by atoms with Gasteiger partial charge in [-0.3, -0.25) is 4.79 Å². The van der Waals surface area contributed by atoms with Crippen molar-refractivity contribution in [2.45, 2.75) is 12.5 Å². The molecule has 0 bridgehead atoms. The van der Waals surface area contributed by atoms with Crippen molar-refractivity contribution in [1.82, 2.24) is 4.90 Å². The molecule has 1 amide bonds. The maximum Gasteiger partial charge on any atom is 0.228 e. The van der Waals surface area contributed by atoms with E-state index in [-0.39, 0.29) is 17.9 Å². The summed E-state index contributed by atoms with van der Waals surface area (Å²) in [5, 5.41) is 0.709. The molecular weight excluding hydrogens is 278 g/mol. The van der Waals surface area contributed by atoms with Gasteiger partial charge in [0.15, 0.2) is 0 Å². The fourth-order valence-electron chi connectivity index (χ4n) is 2.72. The van der Waals surface area contributed by atoms with E-state index in [1.54, 1.807) is 0 Å². The Kier molecular flexibility index (Phi) is 4.24. The Balaban J connectivity index is 1.66. The summed E-state index contributed by atoms with van der Waals surface area (Å²) in [6.07, 6.45) is 0.772. The predicted octanol–water partition coefficient (Wildman–Crippen LogP) is 2.28. The van der Waals surface area contributed by atoms with Crippen LogP contribution in [-0.2, 0) is 14.3 Å². The molecule has 1 aromatic rings. The van der Waals surface area contributed by atoms with Crippen LogP contribution in [-0.4, -0.2) is 43.7 Å². The molecule has 2 heterocycles. The molecule has 20 heavy (non-hydrogen) atoms. The van der Waals surface area contributed by atoms with Crippen LogP contribution in [0.2, 0.25) is 5.02 Å². The van der Waals surface area contributed by atoms with E-state index in [9.17, 15) is 4.79 Å². The first-order valence-electron chi connectivity index (χ1n) is 6.97. The third kappa shape index (κ3) is 2.97. The summed E-state index contributed by atoms with van der Waals surface area (Å²) in [6.45, 7) is 3.10. The van der Waals surface area contributed by atoms with Crippen molar-refractivity contribution >= 4 is 17.5 Å². The van der Waals surface area contributed by atoms with Crippen LogP contribution in [0.5, 0.6) is 0 Å². The number of hydrogen-bond donors (Lipinski definition) is 0. The molecule has 0 radical (unpaired) electrons. The second kappa shape index (κ2) is 6.12. The van der Waals surface area contributed by atoms with Gasteiger partial charge in [0.1, 0.15) is 6.10 Å². The zero-order chi connectivity index (χ0) is 13.9. The van der Waals surface area contributed by atoms with Gasteiger partial charge in [-0.1, -0.05) is 23.7 Å². The third-order valence-corrected chi connectivity index (χ3v) is 4.15. The van der Waals surface area contributed by atoms with Gasteiger partial charge in [0.05, 0.1) is 25.7 Å². The van der Waals surface area contributed by atoms with Crippen molar-refractivity contribution < 1.29 is 14.3 Å². The number of halogens is 1. The lowest BCUT2D eigenvalue weighted by molar-refractivity contribution is -0.143. The van der Waals surface area contributed by atoms with Crippen LogP contribution in [0.15, 0.2) is 24.3 Å². The average molecular weight is 296 g/mol. The highest BCUT2D eigenvalue weighted by Crippen LogP contribution is 2.25. The fourth-order valence-corrected chi connectivity index (χ4v) is 2.84. The highest BCUT2D eigenvalue weighted by Gasteiger charge is 2.31. The molecule has 0 spiro atoms. The van der Waals surface area contributed by atoms with Crippen molar-refractivity contribution in [3.8, 4) is 0 Å². The smallest absolute Gasteiger partial charge is 0.228 e. The summed E-state index contributed by atoms with van der Waals surface area (Å²) in [4.78, 5) is 14.3. The van der Waals surface area contributed by atoms with E-state index in [0.29, 0.717) is 37.9 Å². The lowest BCUT2D eigenvalue weighted by atomic mass is 10.0. The molecule has 0 N–H and O–H groups in total. The minimum Gasteiger partial charge on any atom is -0.381 e. The van der Waals surface area contributed by atoms with Gasteiger partial charge < -0.3 is 14.4 Å². The number of rotatable bonds is 2. The molecule has 1 aromatic carbocycles. The van der Waals surface area contributed by atoms with Crippen LogP contribution in [0.4, 0.5) is 0 Å². The van der Waals surface area contributed by atoms with E-state index < -0.39 is 0 Å². The van der Waals surface area contributed by atoms with Crippen LogP contribution in [0, 0.1) is 5.92 Å². The number of hydrogen-bond acceptors (Lipinski definition) is 3. The van der Waals surface area contributed by atoms with Crippen LogP contribution in [0.3, 0.4) is 0 Å². The average Bonchev–Trinajstić information content (AvgIpc) is 3.01. The van der Waals surface area contributed by atoms with Gasteiger partial charge in [0, 0.05) is 18.2 Å². The molecule has 2 atom stereocenters. The first-order chi connectivity index (χ1) is 9.74. The van der Waals surface area contributed by atoms with Gasteiger partial charge in [-0.15, -0.1) is 0 Å². The Morgan fingerprint density at radius 1 is 1.25 bits per heavy atom. The standard InChI is InChI=1S/C15H18ClNO3/c16-13-3-1-11(2-4-13)14-9-17(6-8-20-14)15(18)12-5-7-19-10-12/h1-4,12,14H,5-10H2. The number of amides is 1. The monoisotopic (exact) mass is 295 g/mol. The molecule has 2 aliphatic heterocycles. The summed E-state index contributed by atoms with van der Waals surface area (Å²) >= 11 is 5.90. The number of carbonyl (C=O) groups excluding carboxylic acids is 1. The first kappa shape index (κ1) is 13.9. The Hall–Kier alpha value is -1.10. The van der Waals surface area contributed by atoms with Crippen molar-refractivity contribution in [3.63, 3.8) is 0 Å².